The van der Waals surface area contributed by atoms with E-state index in [9.17, 15) is 4.79 Å². The van der Waals surface area contributed by atoms with E-state index in [1.807, 2.05) is 0 Å². The Morgan fingerprint density at radius 2 is 2.00 bits per heavy atom. The fourth-order valence-corrected chi connectivity index (χ4v) is 9.88. The van der Waals surface area contributed by atoms with Crippen molar-refractivity contribution in [1.82, 2.24) is 0 Å². The Morgan fingerprint density at radius 3 is 2.78 bits per heavy atom. The van der Waals surface area contributed by atoms with Crippen LogP contribution >= 0.6 is 0 Å². The molecule has 6 fully saturated rings. The van der Waals surface area contributed by atoms with Crippen LogP contribution in [0.3, 0.4) is 0 Å². The standard InChI is InChI=1S/C25H32O2/c1-3-24-8-6-15-14-5-4-13(2)10-16(14)17-11-18(17)22(15)23(24)19-12-20(19)25(24)9-7-21(26)27-25/h10,14-15,17-20,22-23H,2-9,11-12H2,1H3/t14-,15?,17?,18?,19?,20+,22?,23?,24+,25+/m1/s1. The molecule has 5 saturated carbocycles. The largest absolute Gasteiger partial charge is 0.458 e. The van der Waals surface area contributed by atoms with Gasteiger partial charge in [0.25, 0.3) is 0 Å². The molecule has 1 aliphatic heterocycles. The Balaban J connectivity index is 1.32. The molecule has 0 N–H and O–H groups in total. The molecule has 0 aromatic heterocycles. The molecule has 1 heterocycles. The summed E-state index contributed by atoms with van der Waals surface area (Å²) in [4.78, 5) is 12.2. The fraction of sp³-hybridized carbons (Fsp3) is 0.800. The van der Waals surface area contributed by atoms with E-state index in [-0.39, 0.29) is 11.6 Å². The second-order valence-corrected chi connectivity index (χ2v) is 11.1. The highest BCUT2D eigenvalue weighted by molar-refractivity contribution is 5.73. The topological polar surface area (TPSA) is 26.3 Å². The van der Waals surface area contributed by atoms with Gasteiger partial charge in [-0.25, -0.2) is 0 Å². The number of allylic oxidation sites excluding steroid dienone is 3. The summed E-state index contributed by atoms with van der Waals surface area (Å²) in [5.41, 5.74) is 3.42. The van der Waals surface area contributed by atoms with Crippen LogP contribution in [0.1, 0.15) is 64.7 Å². The molecule has 10 atom stereocenters. The van der Waals surface area contributed by atoms with Crippen molar-refractivity contribution in [2.24, 2.45) is 52.8 Å². The van der Waals surface area contributed by atoms with Crippen molar-refractivity contribution in [3.8, 4) is 0 Å². The monoisotopic (exact) mass is 364 g/mol. The van der Waals surface area contributed by atoms with Crippen molar-refractivity contribution in [3.63, 3.8) is 0 Å². The molecule has 7 aliphatic rings. The molecule has 0 bridgehead atoms. The molecule has 0 aromatic rings. The third-order valence-corrected chi connectivity index (χ3v) is 10.7. The Kier molecular flexibility index (Phi) is 2.78. The zero-order valence-electron chi connectivity index (χ0n) is 16.6. The molecule has 0 radical (unpaired) electrons. The number of rotatable bonds is 1. The smallest absolute Gasteiger partial charge is 0.306 e. The van der Waals surface area contributed by atoms with Crippen LogP contribution in [0.15, 0.2) is 23.8 Å². The van der Waals surface area contributed by atoms with Crippen molar-refractivity contribution < 1.29 is 9.53 Å². The van der Waals surface area contributed by atoms with Gasteiger partial charge in [-0.2, -0.15) is 0 Å². The van der Waals surface area contributed by atoms with Gasteiger partial charge in [-0.3, -0.25) is 4.79 Å². The number of esters is 1. The first kappa shape index (κ1) is 15.8. The Bertz CT molecular complexity index is 794. The lowest BCUT2D eigenvalue weighted by molar-refractivity contribution is -0.179. The molecule has 27 heavy (non-hydrogen) atoms. The zero-order valence-corrected chi connectivity index (χ0v) is 16.6. The maximum atomic E-state index is 12.2. The SMILES string of the molecule is C=C1C=C2C3CC3C3C(CC[C@@]4(CC)C3C3C[C@@H]3[C@@]43CCC(=O)O3)[C@H]2CC1. The molecule has 0 amide bonds. The summed E-state index contributed by atoms with van der Waals surface area (Å²) in [5, 5.41) is 0. The highest BCUT2D eigenvalue weighted by Crippen LogP contribution is 2.81. The summed E-state index contributed by atoms with van der Waals surface area (Å²) < 4.78 is 6.31. The Morgan fingerprint density at radius 1 is 1.11 bits per heavy atom. The molecule has 2 heteroatoms. The Labute approximate surface area is 162 Å². The average Bonchev–Trinajstić information content (AvgIpc) is 3.57. The molecule has 6 unspecified atom stereocenters. The van der Waals surface area contributed by atoms with Crippen LogP contribution in [-0.4, -0.2) is 11.6 Å². The van der Waals surface area contributed by atoms with Crippen molar-refractivity contribution in [2.75, 3.05) is 0 Å². The van der Waals surface area contributed by atoms with Gasteiger partial charge in [0.1, 0.15) is 5.60 Å². The van der Waals surface area contributed by atoms with E-state index in [4.69, 9.17) is 4.74 Å². The quantitative estimate of drug-likeness (QED) is 0.591. The van der Waals surface area contributed by atoms with Crippen molar-refractivity contribution >= 4 is 5.97 Å². The number of carbonyl (C=O) groups is 1. The van der Waals surface area contributed by atoms with Gasteiger partial charge in [-0.15, -0.1) is 0 Å². The fourth-order valence-electron chi connectivity index (χ4n) is 9.88. The van der Waals surface area contributed by atoms with E-state index in [1.165, 1.54) is 50.5 Å². The van der Waals surface area contributed by atoms with Gasteiger partial charge in [-0.1, -0.05) is 30.7 Å². The van der Waals surface area contributed by atoms with E-state index in [2.05, 4.69) is 19.6 Å². The van der Waals surface area contributed by atoms with Gasteiger partial charge in [0.15, 0.2) is 0 Å². The summed E-state index contributed by atoms with van der Waals surface area (Å²) in [7, 11) is 0. The second kappa shape index (κ2) is 4.74. The Hall–Kier alpha value is -1.05. The van der Waals surface area contributed by atoms with E-state index in [0.29, 0.717) is 17.8 Å². The highest BCUT2D eigenvalue weighted by Gasteiger charge is 2.81. The highest BCUT2D eigenvalue weighted by atomic mass is 16.6. The van der Waals surface area contributed by atoms with E-state index in [1.54, 1.807) is 5.57 Å². The van der Waals surface area contributed by atoms with Crippen LogP contribution in [0.5, 0.6) is 0 Å². The van der Waals surface area contributed by atoms with E-state index in [0.717, 1.165) is 47.8 Å². The van der Waals surface area contributed by atoms with Gasteiger partial charge in [0.2, 0.25) is 0 Å². The summed E-state index contributed by atoms with van der Waals surface area (Å²) in [6.45, 7) is 6.70. The van der Waals surface area contributed by atoms with Crippen LogP contribution in [0.4, 0.5) is 0 Å². The van der Waals surface area contributed by atoms with Gasteiger partial charge < -0.3 is 4.74 Å². The minimum absolute atomic E-state index is 0.0690. The molecular formula is C25H32O2. The number of hydrogen-bond acceptors (Lipinski definition) is 2. The van der Waals surface area contributed by atoms with Gasteiger partial charge in [0, 0.05) is 17.8 Å². The molecule has 1 spiro atoms. The van der Waals surface area contributed by atoms with Gasteiger partial charge in [0.05, 0.1) is 0 Å². The first-order chi connectivity index (χ1) is 13.1. The lowest BCUT2D eigenvalue weighted by atomic mass is 9.47. The number of fused-ring (bicyclic) bond motifs is 12. The normalized spacial score (nSPS) is 59.2. The summed E-state index contributed by atoms with van der Waals surface area (Å²) in [6, 6.07) is 0. The maximum absolute atomic E-state index is 12.2. The number of ether oxygens (including phenoxy) is 1. The zero-order chi connectivity index (χ0) is 18.1. The second-order valence-electron chi connectivity index (χ2n) is 11.1. The average molecular weight is 365 g/mol. The van der Waals surface area contributed by atoms with Crippen LogP contribution in [-0.2, 0) is 9.53 Å². The van der Waals surface area contributed by atoms with Gasteiger partial charge >= 0.3 is 5.97 Å². The molecule has 1 saturated heterocycles. The minimum Gasteiger partial charge on any atom is -0.458 e. The molecule has 2 nitrogen and oxygen atoms in total. The molecule has 0 aromatic carbocycles. The van der Waals surface area contributed by atoms with Crippen molar-refractivity contribution in [1.29, 1.82) is 0 Å². The van der Waals surface area contributed by atoms with Crippen LogP contribution in [0, 0.1) is 52.8 Å². The maximum Gasteiger partial charge on any atom is 0.306 e. The van der Waals surface area contributed by atoms with Gasteiger partial charge in [-0.05, 0) is 92.8 Å². The number of carbonyl (C=O) groups excluding carboxylic acids is 1. The van der Waals surface area contributed by atoms with E-state index >= 15 is 0 Å². The molecular weight excluding hydrogens is 332 g/mol. The lowest BCUT2D eigenvalue weighted by Crippen LogP contribution is -2.56. The summed E-state index contributed by atoms with van der Waals surface area (Å²) in [5.74, 6) is 7.01. The summed E-state index contributed by atoms with van der Waals surface area (Å²) in [6.07, 6.45) is 13.5. The minimum atomic E-state index is -0.0690. The third-order valence-electron chi connectivity index (χ3n) is 10.7. The van der Waals surface area contributed by atoms with E-state index < -0.39 is 0 Å². The van der Waals surface area contributed by atoms with Crippen LogP contribution in [0.25, 0.3) is 0 Å². The molecule has 6 aliphatic carbocycles. The predicted molar refractivity (Wildman–Crippen MR) is 104 cm³/mol. The van der Waals surface area contributed by atoms with Crippen molar-refractivity contribution in [3.05, 3.63) is 23.8 Å². The molecule has 7 rings (SSSR count). The van der Waals surface area contributed by atoms with Crippen molar-refractivity contribution in [2.45, 2.75) is 70.3 Å². The first-order valence-corrected chi connectivity index (χ1v) is 11.7. The summed E-state index contributed by atoms with van der Waals surface area (Å²) >= 11 is 0. The first-order valence-electron chi connectivity index (χ1n) is 11.7. The molecule has 144 valence electrons. The van der Waals surface area contributed by atoms with Crippen LogP contribution in [0.2, 0.25) is 0 Å². The lowest BCUT2D eigenvalue weighted by Gasteiger charge is -2.58. The predicted octanol–water partition coefficient (Wildman–Crippen LogP) is 5.29. The number of hydrogen-bond donors (Lipinski definition) is 0. The third kappa shape index (κ3) is 1.66. The van der Waals surface area contributed by atoms with Crippen LogP contribution < -0.4 is 0 Å².